The summed E-state index contributed by atoms with van der Waals surface area (Å²) in [6.07, 6.45) is 5.60. The quantitative estimate of drug-likeness (QED) is 0.851. The van der Waals surface area contributed by atoms with E-state index in [1.54, 1.807) is 12.4 Å². The maximum Gasteiger partial charge on any atom is 0.182 e. The van der Waals surface area contributed by atoms with Crippen molar-refractivity contribution in [3.05, 3.63) is 48.2 Å². The molecule has 2 aromatic heterocycles. The van der Waals surface area contributed by atoms with E-state index < -0.39 is 0 Å². The van der Waals surface area contributed by atoms with E-state index in [0.717, 1.165) is 12.1 Å². The molecule has 0 fully saturated rings. The van der Waals surface area contributed by atoms with Crippen LogP contribution in [0.15, 0.2) is 36.8 Å². The molecule has 2 rings (SSSR count). The first kappa shape index (κ1) is 11.0. The lowest BCUT2D eigenvalue weighted by atomic mass is 10.3. The summed E-state index contributed by atoms with van der Waals surface area (Å²) in [7, 11) is 0. The zero-order chi connectivity index (χ0) is 11.9. The fourth-order valence-corrected chi connectivity index (χ4v) is 1.40. The third-order valence-electron chi connectivity index (χ3n) is 2.20. The Morgan fingerprint density at radius 2 is 2.00 bits per heavy atom. The molecule has 84 valence electrons. The first-order valence-corrected chi connectivity index (χ1v) is 5.25. The number of nitrogens with zero attached hydrogens (tertiary/aromatic N) is 4. The van der Waals surface area contributed by atoms with Crippen molar-refractivity contribution in [2.24, 2.45) is 0 Å². The van der Waals surface area contributed by atoms with Crippen LogP contribution < -0.4 is 5.32 Å². The highest BCUT2D eigenvalue weighted by molar-refractivity contribution is 5.46. The lowest BCUT2D eigenvalue weighted by Gasteiger charge is -2.05. The summed E-state index contributed by atoms with van der Waals surface area (Å²) in [4.78, 5) is 12.2. The fraction of sp³-hybridized carbons (Fsp3) is 0.167. The van der Waals surface area contributed by atoms with E-state index >= 15 is 0 Å². The summed E-state index contributed by atoms with van der Waals surface area (Å²) in [6.45, 7) is 0.671. The van der Waals surface area contributed by atoms with E-state index in [9.17, 15) is 0 Å². The van der Waals surface area contributed by atoms with Gasteiger partial charge in [-0.2, -0.15) is 5.26 Å². The molecule has 0 radical (unpaired) electrons. The summed E-state index contributed by atoms with van der Waals surface area (Å²) in [5, 5.41) is 11.9. The average Bonchev–Trinajstić information content (AvgIpc) is 2.40. The molecule has 0 bridgehead atoms. The molecule has 5 heteroatoms. The second-order valence-corrected chi connectivity index (χ2v) is 3.36. The monoisotopic (exact) mass is 225 g/mol. The predicted octanol–water partition coefficient (Wildman–Crippen LogP) is 1.40. The Morgan fingerprint density at radius 3 is 2.76 bits per heavy atom. The molecular weight excluding hydrogens is 214 g/mol. The van der Waals surface area contributed by atoms with Crippen molar-refractivity contribution < 1.29 is 0 Å². The summed E-state index contributed by atoms with van der Waals surface area (Å²) in [5.74, 6) is 0.519. The summed E-state index contributed by atoms with van der Waals surface area (Å²) < 4.78 is 0. The number of nitriles is 1. The number of nitrogens with one attached hydrogen (secondary N) is 1. The second-order valence-electron chi connectivity index (χ2n) is 3.36. The van der Waals surface area contributed by atoms with Crippen LogP contribution in [0.4, 0.5) is 5.82 Å². The topological polar surface area (TPSA) is 74.5 Å². The van der Waals surface area contributed by atoms with Crippen LogP contribution in [0, 0.1) is 11.3 Å². The van der Waals surface area contributed by atoms with Crippen LogP contribution in [0.5, 0.6) is 0 Å². The van der Waals surface area contributed by atoms with E-state index in [4.69, 9.17) is 5.26 Å². The van der Waals surface area contributed by atoms with Crippen molar-refractivity contribution in [1.29, 1.82) is 5.26 Å². The predicted molar refractivity (Wildman–Crippen MR) is 63.2 cm³/mol. The standard InChI is InChI=1S/C12H11N5/c13-9-11-12(17-8-7-15-11)16-6-4-10-3-1-2-5-14-10/h1-3,5,7-8H,4,6H2,(H,16,17). The molecule has 0 aliphatic heterocycles. The van der Waals surface area contributed by atoms with Gasteiger partial charge in [0.15, 0.2) is 11.5 Å². The zero-order valence-corrected chi connectivity index (χ0v) is 9.17. The van der Waals surface area contributed by atoms with Crippen LogP contribution >= 0.6 is 0 Å². The van der Waals surface area contributed by atoms with Crippen molar-refractivity contribution >= 4 is 5.82 Å². The van der Waals surface area contributed by atoms with Gasteiger partial charge in [0, 0.05) is 37.3 Å². The highest BCUT2D eigenvalue weighted by atomic mass is 15.0. The van der Waals surface area contributed by atoms with Crippen LogP contribution in [-0.2, 0) is 6.42 Å². The van der Waals surface area contributed by atoms with Gasteiger partial charge in [-0.15, -0.1) is 0 Å². The Bertz CT molecular complexity index is 518. The molecule has 0 saturated carbocycles. The van der Waals surface area contributed by atoms with Gasteiger partial charge in [-0.25, -0.2) is 9.97 Å². The van der Waals surface area contributed by atoms with E-state index in [0.29, 0.717) is 18.1 Å². The van der Waals surface area contributed by atoms with Crippen molar-refractivity contribution in [1.82, 2.24) is 15.0 Å². The van der Waals surface area contributed by atoms with Gasteiger partial charge in [-0.1, -0.05) is 6.07 Å². The fourth-order valence-electron chi connectivity index (χ4n) is 1.40. The molecule has 0 amide bonds. The Labute approximate surface area is 99.2 Å². The van der Waals surface area contributed by atoms with Gasteiger partial charge < -0.3 is 5.32 Å². The Morgan fingerprint density at radius 1 is 1.12 bits per heavy atom. The van der Waals surface area contributed by atoms with Crippen molar-refractivity contribution in [3.8, 4) is 6.07 Å². The molecule has 2 aromatic rings. The van der Waals surface area contributed by atoms with Gasteiger partial charge in [-0.05, 0) is 12.1 Å². The molecule has 0 aliphatic carbocycles. The number of hydrogen-bond donors (Lipinski definition) is 1. The van der Waals surface area contributed by atoms with Crippen LogP contribution in [0.2, 0.25) is 0 Å². The minimum atomic E-state index is 0.313. The lowest BCUT2D eigenvalue weighted by Crippen LogP contribution is -2.09. The lowest BCUT2D eigenvalue weighted by molar-refractivity contribution is 0.948. The first-order valence-electron chi connectivity index (χ1n) is 5.25. The minimum Gasteiger partial charge on any atom is -0.367 e. The van der Waals surface area contributed by atoms with Gasteiger partial charge in [-0.3, -0.25) is 4.98 Å². The molecule has 0 atom stereocenters. The van der Waals surface area contributed by atoms with Gasteiger partial charge >= 0.3 is 0 Å². The van der Waals surface area contributed by atoms with E-state index in [2.05, 4.69) is 20.3 Å². The van der Waals surface area contributed by atoms with E-state index in [1.807, 2.05) is 24.3 Å². The molecule has 2 heterocycles. The molecule has 17 heavy (non-hydrogen) atoms. The third-order valence-corrected chi connectivity index (χ3v) is 2.20. The number of aromatic nitrogens is 3. The molecular formula is C12H11N5. The van der Waals surface area contributed by atoms with Crippen LogP contribution in [0.25, 0.3) is 0 Å². The molecule has 1 N–H and O–H groups in total. The molecule has 0 unspecified atom stereocenters. The van der Waals surface area contributed by atoms with Crippen molar-refractivity contribution in [3.63, 3.8) is 0 Å². The molecule has 0 spiro atoms. The zero-order valence-electron chi connectivity index (χ0n) is 9.17. The second kappa shape index (κ2) is 5.56. The van der Waals surface area contributed by atoms with Gasteiger partial charge in [0.2, 0.25) is 0 Å². The third kappa shape index (κ3) is 2.98. The highest BCUT2D eigenvalue weighted by Crippen LogP contribution is 2.06. The molecule has 0 aliphatic rings. The highest BCUT2D eigenvalue weighted by Gasteiger charge is 2.02. The number of rotatable bonds is 4. The Hall–Kier alpha value is -2.48. The average molecular weight is 225 g/mol. The number of anilines is 1. The van der Waals surface area contributed by atoms with Crippen LogP contribution in [0.1, 0.15) is 11.4 Å². The number of pyridine rings is 1. The molecule has 5 nitrogen and oxygen atoms in total. The first-order chi connectivity index (χ1) is 8.40. The Balaban J connectivity index is 1.93. The number of hydrogen-bond acceptors (Lipinski definition) is 5. The maximum absolute atomic E-state index is 8.83. The maximum atomic E-state index is 8.83. The molecule has 0 saturated heterocycles. The van der Waals surface area contributed by atoms with Crippen LogP contribution in [0.3, 0.4) is 0 Å². The SMILES string of the molecule is N#Cc1nccnc1NCCc1ccccn1. The van der Waals surface area contributed by atoms with Gasteiger partial charge in [0.25, 0.3) is 0 Å². The summed E-state index contributed by atoms with van der Waals surface area (Å²) in [5.41, 5.74) is 1.32. The van der Waals surface area contributed by atoms with Crippen molar-refractivity contribution in [2.45, 2.75) is 6.42 Å². The van der Waals surface area contributed by atoms with Gasteiger partial charge in [0.1, 0.15) is 6.07 Å². The Kier molecular flexibility index (Phi) is 3.61. The molecule has 0 aromatic carbocycles. The smallest absolute Gasteiger partial charge is 0.182 e. The van der Waals surface area contributed by atoms with E-state index in [1.165, 1.54) is 6.20 Å². The van der Waals surface area contributed by atoms with Gasteiger partial charge in [0.05, 0.1) is 0 Å². The van der Waals surface area contributed by atoms with E-state index in [-0.39, 0.29) is 0 Å². The van der Waals surface area contributed by atoms with Crippen LogP contribution in [-0.4, -0.2) is 21.5 Å². The summed E-state index contributed by atoms with van der Waals surface area (Å²) in [6, 6.07) is 7.79. The largest absolute Gasteiger partial charge is 0.367 e. The normalized spacial score (nSPS) is 9.59. The van der Waals surface area contributed by atoms with Crippen molar-refractivity contribution in [2.75, 3.05) is 11.9 Å². The summed E-state index contributed by atoms with van der Waals surface area (Å²) >= 11 is 0. The minimum absolute atomic E-state index is 0.313.